The minimum Gasteiger partial charge on any atom is -0.480 e. The molecule has 1 rings (SSSR count). The number of amides is 1. The van der Waals surface area contributed by atoms with Gasteiger partial charge in [-0.15, -0.1) is 0 Å². The normalized spacial score (nSPS) is 25.6. The highest BCUT2D eigenvalue weighted by atomic mass is 16.6. The van der Waals surface area contributed by atoms with Crippen molar-refractivity contribution < 1.29 is 24.5 Å². The Labute approximate surface area is 93.8 Å². The number of aliphatic hydroxyl groups excluding tert-OH is 1. The number of carboxylic acids is 1. The molecule has 0 aromatic heterocycles. The van der Waals surface area contributed by atoms with Gasteiger partial charge in [0, 0.05) is 6.42 Å². The molecule has 92 valence electrons. The molecule has 1 heterocycles. The molecule has 16 heavy (non-hydrogen) atoms. The van der Waals surface area contributed by atoms with Crippen molar-refractivity contribution in [2.24, 2.45) is 0 Å². The predicted octanol–water partition coefficient (Wildman–Crippen LogP) is 0.441. The lowest BCUT2D eigenvalue weighted by molar-refractivity contribution is -0.142. The Morgan fingerprint density at radius 2 is 1.94 bits per heavy atom. The zero-order valence-corrected chi connectivity index (χ0v) is 9.64. The molecular formula is C10H17NO5. The van der Waals surface area contributed by atoms with E-state index in [4.69, 9.17) is 9.84 Å². The highest BCUT2D eigenvalue weighted by molar-refractivity contribution is 5.81. The Kier molecular flexibility index (Phi) is 3.42. The molecule has 1 aliphatic rings. The molecule has 1 saturated heterocycles. The first kappa shape index (κ1) is 12.8. The Hall–Kier alpha value is -1.30. The molecule has 2 N–H and O–H groups in total. The van der Waals surface area contributed by atoms with E-state index in [1.165, 1.54) is 0 Å². The number of aliphatic carboxylic acids is 1. The van der Waals surface area contributed by atoms with Crippen LogP contribution >= 0.6 is 0 Å². The van der Waals surface area contributed by atoms with Crippen LogP contribution in [-0.4, -0.2) is 51.5 Å². The summed E-state index contributed by atoms with van der Waals surface area (Å²) < 4.78 is 5.06. The standard InChI is InChI=1S/C10H17NO5/c1-10(2,3)16-9(15)11-5-6(12)4-7(11)8(13)14/h6-7,12H,4-5H2,1-3H3,(H,13,14)/t6?,7-/m0/s1. The van der Waals surface area contributed by atoms with Gasteiger partial charge in [-0.2, -0.15) is 0 Å². The van der Waals surface area contributed by atoms with Gasteiger partial charge in [0.15, 0.2) is 0 Å². The van der Waals surface area contributed by atoms with Gasteiger partial charge < -0.3 is 14.9 Å². The van der Waals surface area contributed by atoms with Gasteiger partial charge >= 0.3 is 12.1 Å². The summed E-state index contributed by atoms with van der Waals surface area (Å²) in [6, 6.07) is -0.996. The van der Waals surface area contributed by atoms with Crippen molar-refractivity contribution >= 4 is 12.1 Å². The molecule has 0 spiro atoms. The summed E-state index contributed by atoms with van der Waals surface area (Å²) in [4.78, 5) is 23.6. The van der Waals surface area contributed by atoms with Crippen molar-refractivity contribution in [2.75, 3.05) is 6.54 Å². The van der Waals surface area contributed by atoms with Gasteiger partial charge in [-0.25, -0.2) is 9.59 Å². The fourth-order valence-electron chi connectivity index (χ4n) is 1.57. The van der Waals surface area contributed by atoms with Crippen LogP contribution in [0.1, 0.15) is 27.2 Å². The average Bonchev–Trinajstić information content (AvgIpc) is 2.44. The Morgan fingerprint density at radius 1 is 1.38 bits per heavy atom. The van der Waals surface area contributed by atoms with Crippen molar-refractivity contribution in [1.29, 1.82) is 0 Å². The monoisotopic (exact) mass is 231 g/mol. The average molecular weight is 231 g/mol. The molecule has 6 heteroatoms. The van der Waals surface area contributed by atoms with E-state index in [-0.39, 0.29) is 13.0 Å². The SMILES string of the molecule is CC(C)(C)OC(=O)N1CC(O)C[C@H]1C(=O)O. The fourth-order valence-corrected chi connectivity index (χ4v) is 1.57. The van der Waals surface area contributed by atoms with Crippen LogP contribution in [0.15, 0.2) is 0 Å². The summed E-state index contributed by atoms with van der Waals surface area (Å²) in [6.45, 7) is 5.11. The van der Waals surface area contributed by atoms with Crippen LogP contribution in [0, 0.1) is 0 Å². The summed E-state index contributed by atoms with van der Waals surface area (Å²) in [5.41, 5.74) is -0.673. The maximum Gasteiger partial charge on any atom is 0.411 e. The molecule has 1 unspecified atom stereocenters. The maximum absolute atomic E-state index is 11.7. The van der Waals surface area contributed by atoms with E-state index in [2.05, 4.69) is 0 Å². The van der Waals surface area contributed by atoms with E-state index in [1.807, 2.05) is 0 Å². The van der Waals surface area contributed by atoms with Crippen molar-refractivity contribution in [3.8, 4) is 0 Å². The van der Waals surface area contributed by atoms with Crippen molar-refractivity contribution in [3.05, 3.63) is 0 Å². The zero-order chi connectivity index (χ0) is 12.5. The van der Waals surface area contributed by atoms with Crippen molar-refractivity contribution in [3.63, 3.8) is 0 Å². The number of hydrogen-bond donors (Lipinski definition) is 2. The number of nitrogens with zero attached hydrogens (tertiary/aromatic N) is 1. The smallest absolute Gasteiger partial charge is 0.411 e. The summed E-state index contributed by atoms with van der Waals surface area (Å²) in [6.07, 6.45) is -1.45. The third-order valence-electron chi connectivity index (χ3n) is 2.19. The predicted molar refractivity (Wildman–Crippen MR) is 55.0 cm³/mol. The van der Waals surface area contributed by atoms with Gasteiger partial charge in [0.05, 0.1) is 12.6 Å². The molecule has 0 aliphatic carbocycles. The third-order valence-corrected chi connectivity index (χ3v) is 2.19. The molecule has 0 aromatic carbocycles. The van der Waals surface area contributed by atoms with Crippen LogP contribution in [0.5, 0.6) is 0 Å². The molecule has 0 saturated carbocycles. The van der Waals surface area contributed by atoms with E-state index in [0.29, 0.717) is 0 Å². The number of ether oxygens (including phenoxy) is 1. The minimum atomic E-state index is -1.12. The molecule has 0 bridgehead atoms. The van der Waals surface area contributed by atoms with Gasteiger partial charge in [-0.3, -0.25) is 4.90 Å². The van der Waals surface area contributed by atoms with E-state index in [0.717, 1.165) is 4.90 Å². The van der Waals surface area contributed by atoms with Gasteiger partial charge in [-0.05, 0) is 20.8 Å². The second-order valence-electron chi connectivity index (χ2n) is 4.88. The second-order valence-corrected chi connectivity index (χ2v) is 4.88. The molecule has 1 amide bonds. The topological polar surface area (TPSA) is 87.1 Å². The van der Waals surface area contributed by atoms with E-state index < -0.39 is 29.8 Å². The first-order valence-electron chi connectivity index (χ1n) is 5.11. The Balaban J connectivity index is 2.71. The van der Waals surface area contributed by atoms with Crippen molar-refractivity contribution in [1.82, 2.24) is 4.90 Å². The quantitative estimate of drug-likeness (QED) is 0.683. The number of carbonyl (C=O) groups excluding carboxylic acids is 1. The molecule has 0 aromatic rings. The molecule has 1 aliphatic heterocycles. The van der Waals surface area contributed by atoms with Crippen LogP contribution in [-0.2, 0) is 9.53 Å². The number of β-amino-alcohol motifs (C(OH)–C–C–N with tert-alkyl or cyclic N) is 1. The summed E-state index contributed by atoms with van der Waals surface area (Å²) in [5.74, 6) is -1.12. The largest absolute Gasteiger partial charge is 0.480 e. The molecule has 1 fully saturated rings. The molecular weight excluding hydrogens is 214 g/mol. The number of carboxylic acid groups (broad SMARTS) is 1. The first-order chi connectivity index (χ1) is 7.20. The molecule has 6 nitrogen and oxygen atoms in total. The summed E-state index contributed by atoms with van der Waals surface area (Å²) in [5, 5.41) is 18.2. The van der Waals surface area contributed by atoms with E-state index in [9.17, 15) is 14.7 Å². The minimum absolute atomic E-state index is 0.00583. The highest BCUT2D eigenvalue weighted by Gasteiger charge is 2.40. The Morgan fingerprint density at radius 3 is 2.38 bits per heavy atom. The lowest BCUT2D eigenvalue weighted by atomic mass is 10.2. The van der Waals surface area contributed by atoms with Gasteiger partial charge in [-0.1, -0.05) is 0 Å². The van der Waals surface area contributed by atoms with Crippen LogP contribution in [0.4, 0.5) is 4.79 Å². The van der Waals surface area contributed by atoms with E-state index >= 15 is 0 Å². The van der Waals surface area contributed by atoms with Crippen LogP contribution in [0.3, 0.4) is 0 Å². The number of hydrogen-bond acceptors (Lipinski definition) is 4. The van der Waals surface area contributed by atoms with Crippen LogP contribution in [0.2, 0.25) is 0 Å². The highest BCUT2D eigenvalue weighted by Crippen LogP contribution is 2.21. The second kappa shape index (κ2) is 4.29. The molecule has 2 atom stereocenters. The first-order valence-corrected chi connectivity index (χ1v) is 5.11. The Bertz CT molecular complexity index is 296. The lowest BCUT2D eigenvalue weighted by Gasteiger charge is -2.26. The van der Waals surface area contributed by atoms with Gasteiger partial charge in [0.2, 0.25) is 0 Å². The summed E-state index contributed by atoms with van der Waals surface area (Å²) in [7, 11) is 0. The lowest BCUT2D eigenvalue weighted by Crippen LogP contribution is -2.43. The van der Waals surface area contributed by atoms with Gasteiger partial charge in [0.1, 0.15) is 11.6 Å². The van der Waals surface area contributed by atoms with Crippen LogP contribution in [0.25, 0.3) is 0 Å². The fraction of sp³-hybridized carbons (Fsp3) is 0.800. The summed E-state index contributed by atoms with van der Waals surface area (Å²) >= 11 is 0. The maximum atomic E-state index is 11.7. The number of rotatable bonds is 1. The van der Waals surface area contributed by atoms with Crippen molar-refractivity contribution in [2.45, 2.75) is 44.9 Å². The number of aliphatic hydroxyl groups is 1. The molecule has 0 radical (unpaired) electrons. The number of likely N-dealkylation sites (tertiary alicyclic amines) is 1. The van der Waals surface area contributed by atoms with E-state index in [1.54, 1.807) is 20.8 Å². The third kappa shape index (κ3) is 3.10. The zero-order valence-electron chi connectivity index (χ0n) is 9.64. The van der Waals surface area contributed by atoms with Gasteiger partial charge in [0.25, 0.3) is 0 Å². The van der Waals surface area contributed by atoms with Crippen LogP contribution < -0.4 is 0 Å². The number of carbonyl (C=O) groups is 2.